The van der Waals surface area contributed by atoms with Gasteiger partial charge in [-0.3, -0.25) is 4.79 Å². The van der Waals surface area contributed by atoms with Gasteiger partial charge in [-0.2, -0.15) is 0 Å². The van der Waals surface area contributed by atoms with E-state index in [9.17, 15) is 9.59 Å². The fraction of sp³-hybridized carbons (Fsp3) is 0.176. The van der Waals surface area contributed by atoms with Crippen molar-refractivity contribution in [3.05, 3.63) is 52.5 Å². The molecule has 118 valence electrons. The number of rotatable bonds is 3. The molecule has 1 aliphatic heterocycles. The number of amides is 1. The fourth-order valence-corrected chi connectivity index (χ4v) is 2.81. The van der Waals surface area contributed by atoms with Crippen LogP contribution in [0.15, 0.2) is 46.9 Å². The van der Waals surface area contributed by atoms with Crippen LogP contribution in [-0.4, -0.2) is 25.0 Å². The van der Waals surface area contributed by atoms with Crippen LogP contribution >= 0.6 is 15.9 Å². The molecule has 1 aliphatic rings. The second-order valence-corrected chi connectivity index (χ2v) is 6.18. The lowest BCUT2D eigenvalue weighted by atomic mass is 10.1. The van der Waals surface area contributed by atoms with Gasteiger partial charge in [-0.1, -0.05) is 18.2 Å². The number of benzene rings is 2. The molecule has 2 aromatic carbocycles. The minimum absolute atomic E-state index is 0.0554. The van der Waals surface area contributed by atoms with E-state index in [1.165, 1.54) is 0 Å². The normalized spacial score (nSPS) is 13.3. The van der Waals surface area contributed by atoms with Crippen LogP contribution in [0.4, 0.5) is 11.4 Å². The number of esters is 1. The minimum Gasteiger partial charge on any atom is -0.423 e. The Labute approximate surface area is 142 Å². The monoisotopic (exact) mass is 374 g/mol. The first-order chi connectivity index (χ1) is 11.0. The average Bonchev–Trinajstić information content (AvgIpc) is 2.50. The molecule has 0 saturated heterocycles. The SMILES string of the molecule is Cc1ccc2c(c1)N(CC(=O)Nc1ccccc1Br)CC(=O)O2. The molecule has 0 spiro atoms. The van der Waals surface area contributed by atoms with E-state index in [0.29, 0.717) is 11.4 Å². The van der Waals surface area contributed by atoms with Crippen LogP contribution in [0.2, 0.25) is 0 Å². The highest BCUT2D eigenvalue weighted by molar-refractivity contribution is 9.10. The molecule has 0 bridgehead atoms. The minimum atomic E-state index is -0.366. The molecule has 3 rings (SSSR count). The summed E-state index contributed by atoms with van der Waals surface area (Å²) in [6.07, 6.45) is 0. The second kappa shape index (κ2) is 6.42. The summed E-state index contributed by atoms with van der Waals surface area (Å²) in [6.45, 7) is 2.09. The van der Waals surface area contributed by atoms with Gasteiger partial charge in [0.25, 0.3) is 0 Å². The number of aryl methyl sites for hydroxylation is 1. The molecule has 5 nitrogen and oxygen atoms in total. The molecule has 0 radical (unpaired) electrons. The van der Waals surface area contributed by atoms with Gasteiger partial charge < -0.3 is 15.0 Å². The molecule has 0 atom stereocenters. The van der Waals surface area contributed by atoms with E-state index in [1.54, 1.807) is 11.0 Å². The number of nitrogens with zero attached hydrogens (tertiary/aromatic N) is 1. The number of carbonyl (C=O) groups is 2. The van der Waals surface area contributed by atoms with Gasteiger partial charge in [0.05, 0.1) is 17.9 Å². The molecule has 1 N–H and O–H groups in total. The zero-order valence-corrected chi connectivity index (χ0v) is 14.1. The number of carbonyl (C=O) groups excluding carboxylic acids is 2. The third kappa shape index (κ3) is 3.53. The van der Waals surface area contributed by atoms with Crippen LogP contribution in [0.3, 0.4) is 0 Å². The van der Waals surface area contributed by atoms with Crippen molar-refractivity contribution in [2.45, 2.75) is 6.92 Å². The number of fused-ring (bicyclic) bond motifs is 1. The highest BCUT2D eigenvalue weighted by Crippen LogP contribution is 2.32. The van der Waals surface area contributed by atoms with E-state index in [2.05, 4.69) is 21.2 Å². The zero-order valence-electron chi connectivity index (χ0n) is 12.5. The van der Waals surface area contributed by atoms with Crippen molar-refractivity contribution in [2.75, 3.05) is 23.3 Å². The number of ether oxygens (including phenoxy) is 1. The molecule has 6 heteroatoms. The van der Waals surface area contributed by atoms with E-state index in [1.807, 2.05) is 43.3 Å². The Morgan fingerprint density at radius 3 is 2.87 bits per heavy atom. The predicted molar refractivity (Wildman–Crippen MR) is 91.8 cm³/mol. The van der Waals surface area contributed by atoms with E-state index in [-0.39, 0.29) is 25.0 Å². The topological polar surface area (TPSA) is 58.6 Å². The van der Waals surface area contributed by atoms with Gasteiger partial charge in [-0.25, -0.2) is 4.79 Å². The molecule has 1 heterocycles. The number of para-hydroxylation sites is 1. The fourth-order valence-electron chi connectivity index (χ4n) is 2.42. The van der Waals surface area contributed by atoms with Crippen molar-refractivity contribution < 1.29 is 14.3 Å². The summed E-state index contributed by atoms with van der Waals surface area (Å²) in [4.78, 5) is 25.7. The Balaban J connectivity index is 1.78. The zero-order chi connectivity index (χ0) is 16.4. The molecular formula is C17H15BrN2O3. The van der Waals surface area contributed by atoms with Crippen molar-refractivity contribution in [3.8, 4) is 5.75 Å². The van der Waals surface area contributed by atoms with Crippen molar-refractivity contribution in [1.29, 1.82) is 0 Å². The number of hydrogen-bond acceptors (Lipinski definition) is 4. The van der Waals surface area contributed by atoms with Gasteiger partial charge in [0.1, 0.15) is 6.54 Å². The first-order valence-electron chi connectivity index (χ1n) is 7.13. The number of anilines is 2. The van der Waals surface area contributed by atoms with Crippen molar-refractivity contribution >= 4 is 39.2 Å². The standard InChI is InChI=1S/C17H15BrN2O3/c1-11-6-7-15-14(8-11)20(10-17(22)23-15)9-16(21)19-13-5-3-2-4-12(13)18/h2-8H,9-10H2,1H3,(H,19,21). The second-order valence-electron chi connectivity index (χ2n) is 5.33. The summed E-state index contributed by atoms with van der Waals surface area (Å²) >= 11 is 3.39. The molecule has 0 aromatic heterocycles. The van der Waals surface area contributed by atoms with Gasteiger partial charge in [0.15, 0.2) is 5.75 Å². The summed E-state index contributed by atoms with van der Waals surface area (Å²) in [5, 5.41) is 2.84. The summed E-state index contributed by atoms with van der Waals surface area (Å²) < 4.78 is 6.02. The molecule has 0 fully saturated rings. The summed E-state index contributed by atoms with van der Waals surface area (Å²) in [5.41, 5.74) is 2.49. The first-order valence-corrected chi connectivity index (χ1v) is 7.93. The molecular weight excluding hydrogens is 360 g/mol. The lowest BCUT2D eigenvalue weighted by Crippen LogP contribution is -2.41. The number of halogens is 1. The number of hydrogen-bond donors (Lipinski definition) is 1. The highest BCUT2D eigenvalue weighted by Gasteiger charge is 2.25. The number of nitrogens with one attached hydrogen (secondary N) is 1. The van der Waals surface area contributed by atoms with E-state index in [0.717, 1.165) is 15.7 Å². The first kappa shape index (κ1) is 15.6. The van der Waals surface area contributed by atoms with Crippen LogP contribution in [0.25, 0.3) is 0 Å². The van der Waals surface area contributed by atoms with Gasteiger partial charge in [-0.15, -0.1) is 0 Å². The highest BCUT2D eigenvalue weighted by atomic mass is 79.9. The Bertz CT molecular complexity index is 776. The molecule has 0 aliphatic carbocycles. The van der Waals surface area contributed by atoms with Crippen molar-refractivity contribution in [3.63, 3.8) is 0 Å². The predicted octanol–water partition coefficient (Wildman–Crippen LogP) is 3.12. The molecule has 0 saturated carbocycles. The maximum atomic E-state index is 12.3. The van der Waals surface area contributed by atoms with Crippen LogP contribution in [0, 0.1) is 6.92 Å². The van der Waals surface area contributed by atoms with E-state index >= 15 is 0 Å². The van der Waals surface area contributed by atoms with Crippen molar-refractivity contribution in [1.82, 2.24) is 0 Å². The molecule has 2 aromatic rings. The lowest BCUT2D eigenvalue weighted by molar-refractivity contribution is -0.133. The lowest BCUT2D eigenvalue weighted by Gasteiger charge is -2.29. The van der Waals surface area contributed by atoms with Crippen molar-refractivity contribution in [2.24, 2.45) is 0 Å². The average molecular weight is 375 g/mol. The van der Waals surface area contributed by atoms with Gasteiger partial charge in [-0.05, 0) is 52.7 Å². The van der Waals surface area contributed by atoms with E-state index in [4.69, 9.17) is 4.74 Å². The summed E-state index contributed by atoms with van der Waals surface area (Å²) in [6, 6.07) is 12.9. The third-order valence-electron chi connectivity index (χ3n) is 3.48. The smallest absolute Gasteiger partial charge is 0.331 e. The Morgan fingerprint density at radius 1 is 1.30 bits per heavy atom. The largest absolute Gasteiger partial charge is 0.423 e. The van der Waals surface area contributed by atoms with Gasteiger partial charge >= 0.3 is 5.97 Å². The quantitative estimate of drug-likeness (QED) is 0.662. The maximum absolute atomic E-state index is 12.3. The van der Waals surface area contributed by atoms with Gasteiger partial charge in [0, 0.05) is 4.47 Å². The van der Waals surface area contributed by atoms with Crippen LogP contribution in [0.1, 0.15) is 5.56 Å². The summed E-state index contributed by atoms with van der Waals surface area (Å²) in [5.74, 6) is -0.0744. The van der Waals surface area contributed by atoms with E-state index < -0.39 is 0 Å². The Hall–Kier alpha value is -2.34. The Morgan fingerprint density at radius 2 is 2.09 bits per heavy atom. The maximum Gasteiger partial charge on any atom is 0.331 e. The van der Waals surface area contributed by atoms with Crippen LogP contribution < -0.4 is 15.0 Å². The Kier molecular flexibility index (Phi) is 4.34. The van der Waals surface area contributed by atoms with Crippen LogP contribution in [-0.2, 0) is 9.59 Å². The molecule has 1 amide bonds. The molecule has 0 unspecified atom stereocenters. The summed E-state index contributed by atoms with van der Waals surface area (Å²) in [7, 11) is 0. The molecule has 23 heavy (non-hydrogen) atoms. The van der Waals surface area contributed by atoms with Gasteiger partial charge in [0.2, 0.25) is 5.91 Å². The third-order valence-corrected chi connectivity index (χ3v) is 4.17. The van der Waals surface area contributed by atoms with Crippen LogP contribution in [0.5, 0.6) is 5.75 Å².